The molecule has 5 heteroatoms. The molecule has 34 heavy (non-hydrogen) atoms. The number of nitrogens with zero attached hydrogens (tertiary/aromatic N) is 1. The van der Waals surface area contributed by atoms with Crippen LogP contribution in [0.3, 0.4) is 0 Å². The van der Waals surface area contributed by atoms with Gasteiger partial charge in [0.05, 0.1) is 12.7 Å². The first-order chi connectivity index (χ1) is 16.5. The Morgan fingerprint density at radius 3 is 2.68 bits per heavy atom. The van der Waals surface area contributed by atoms with Crippen LogP contribution >= 0.6 is 11.6 Å². The molecule has 2 fully saturated rings. The van der Waals surface area contributed by atoms with Gasteiger partial charge in [0.1, 0.15) is 5.75 Å². The molecule has 184 valence electrons. The van der Waals surface area contributed by atoms with Crippen molar-refractivity contribution in [1.29, 1.82) is 0 Å². The average molecular weight is 484 g/mol. The zero-order valence-corrected chi connectivity index (χ0v) is 21.5. The van der Waals surface area contributed by atoms with Crippen molar-refractivity contribution in [3.05, 3.63) is 64.7 Å². The lowest BCUT2D eigenvalue weighted by Gasteiger charge is -2.39. The number of hydrogen-bond donors (Lipinski definition) is 0. The van der Waals surface area contributed by atoms with E-state index in [1.807, 2.05) is 41.3 Å². The quantitative estimate of drug-likeness (QED) is 0.369. The van der Waals surface area contributed by atoms with Gasteiger partial charge in [0.25, 0.3) is 5.91 Å². The van der Waals surface area contributed by atoms with E-state index in [1.165, 1.54) is 18.4 Å². The van der Waals surface area contributed by atoms with Gasteiger partial charge in [0, 0.05) is 24.0 Å². The van der Waals surface area contributed by atoms with Crippen LogP contribution in [0.1, 0.15) is 69.6 Å². The van der Waals surface area contributed by atoms with E-state index in [1.54, 1.807) is 0 Å². The molecule has 1 aliphatic carbocycles. The molecule has 1 saturated heterocycles. The number of carbonyl (C=O) groups excluding carboxylic acids is 1. The minimum absolute atomic E-state index is 0.00412. The van der Waals surface area contributed by atoms with Crippen molar-refractivity contribution in [2.45, 2.75) is 58.5 Å². The molecule has 0 N–H and O–H groups in total. The second-order valence-corrected chi connectivity index (χ2v) is 10.7. The van der Waals surface area contributed by atoms with E-state index in [-0.39, 0.29) is 18.6 Å². The average Bonchev–Trinajstić information content (AvgIpc) is 3.66. The molecule has 0 spiro atoms. The summed E-state index contributed by atoms with van der Waals surface area (Å²) in [5.41, 5.74) is 2.29. The highest BCUT2D eigenvalue weighted by Crippen LogP contribution is 2.45. The summed E-state index contributed by atoms with van der Waals surface area (Å²) < 4.78 is 12.4. The van der Waals surface area contributed by atoms with Crippen molar-refractivity contribution in [3.8, 4) is 5.75 Å². The first-order valence-electron chi connectivity index (χ1n) is 12.8. The molecule has 4 rings (SSSR count). The summed E-state index contributed by atoms with van der Waals surface area (Å²) in [5.74, 6) is 2.62. The Kier molecular flexibility index (Phi) is 8.55. The van der Waals surface area contributed by atoms with Crippen LogP contribution in [0, 0.1) is 17.8 Å². The van der Waals surface area contributed by atoms with Crippen molar-refractivity contribution in [1.82, 2.24) is 4.90 Å². The van der Waals surface area contributed by atoms with E-state index in [2.05, 4.69) is 32.9 Å². The third-order valence-electron chi connectivity index (χ3n) is 7.19. The number of ether oxygens (including phenoxy) is 2. The second-order valence-electron chi connectivity index (χ2n) is 10.3. The first kappa shape index (κ1) is 25.1. The van der Waals surface area contributed by atoms with E-state index in [9.17, 15) is 4.79 Å². The van der Waals surface area contributed by atoms with Crippen LogP contribution in [-0.2, 0) is 9.53 Å². The summed E-state index contributed by atoms with van der Waals surface area (Å²) in [4.78, 5) is 14.7. The maximum Gasteiger partial charge on any atom is 0.260 e. The third-order valence-corrected chi connectivity index (χ3v) is 7.54. The molecule has 0 bridgehead atoms. The Bertz CT molecular complexity index is 958. The molecule has 0 unspecified atom stereocenters. The lowest BCUT2D eigenvalue weighted by Crippen LogP contribution is -2.37. The number of benzene rings is 2. The number of rotatable bonds is 10. The van der Waals surface area contributed by atoms with Gasteiger partial charge in [-0.05, 0) is 72.8 Å². The van der Waals surface area contributed by atoms with Gasteiger partial charge in [0.15, 0.2) is 6.61 Å². The van der Waals surface area contributed by atoms with Crippen LogP contribution < -0.4 is 4.74 Å². The lowest BCUT2D eigenvalue weighted by atomic mass is 9.76. The van der Waals surface area contributed by atoms with E-state index >= 15 is 0 Å². The van der Waals surface area contributed by atoms with Gasteiger partial charge in [-0.25, -0.2) is 0 Å². The lowest BCUT2D eigenvalue weighted by molar-refractivity contribution is -0.133. The molecule has 1 saturated carbocycles. The Labute approximate surface area is 209 Å². The zero-order valence-electron chi connectivity index (χ0n) is 20.7. The molecule has 2 aliphatic rings. The van der Waals surface area contributed by atoms with Gasteiger partial charge in [-0.2, -0.15) is 0 Å². The fraction of sp³-hybridized carbons (Fsp3) is 0.552. The minimum Gasteiger partial charge on any atom is -0.484 e. The summed E-state index contributed by atoms with van der Waals surface area (Å²) >= 11 is 6.49. The molecule has 2 aromatic rings. The molecule has 1 heterocycles. The number of carbonyl (C=O) groups is 1. The van der Waals surface area contributed by atoms with Crippen LogP contribution in [0.5, 0.6) is 5.75 Å². The fourth-order valence-corrected chi connectivity index (χ4v) is 5.36. The van der Waals surface area contributed by atoms with Gasteiger partial charge in [0.2, 0.25) is 0 Å². The monoisotopic (exact) mass is 483 g/mol. The van der Waals surface area contributed by atoms with E-state index < -0.39 is 0 Å². The molecular formula is C29H38ClNO3. The zero-order chi connectivity index (χ0) is 24.1. The predicted octanol–water partition coefficient (Wildman–Crippen LogP) is 6.88. The largest absolute Gasteiger partial charge is 0.484 e. The van der Waals surface area contributed by atoms with Crippen LogP contribution in [0.4, 0.5) is 0 Å². The summed E-state index contributed by atoms with van der Waals surface area (Å²) in [5, 5.41) is 0.816. The number of amides is 1. The highest BCUT2D eigenvalue weighted by molar-refractivity contribution is 6.31. The van der Waals surface area contributed by atoms with Crippen LogP contribution in [0.2, 0.25) is 5.02 Å². The maximum absolute atomic E-state index is 12.8. The fourth-order valence-electron chi connectivity index (χ4n) is 5.07. The minimum atomic E-state index is 0.00412. The Balaban J connectivity index is 1.41. The highest BCUT2D eigenvalue weighted by Gasteiger charge is 2.35. The van der Waals surface area contributed by atoms with Crippen LogP contribution in [0.15, 0.2) is 48.5 Å². The molecule has 2 aromatic carbocycles. The van der Waals surface area contributed by atoms with E-state index in [0.29, 0.717) is 30.3 Å². The molecule has 1 aliphatic heterocycles. The SMILES string of the molecule is CCCN(CC1CC1)C(=O)COc1cccc([C@@H]2OC[C@@H](c3ccccc3Cl)C[C@H]2C(C)C)c1. The van der Waals surface area contributed by atoms with Crippen molar-refractivity contribution < 1.29 is 14.3 Å². The predicted molar refractivity (Wildman–Crippen MR) is 137 cm³/mol. The highest BCUT2D eigenvalue weighted by atomic mass is 35.5. The topological polar surface area (TPSA) is 38.8 Å². The summed E-state index contributed by atoms with van der Waals surface area (Å²) in [7, 11) is 0. The van der Waals surface area contributed by atoms with Gasteiger partial charge in [-0.3, -0.25) is 4.79 Å². The Morgan fingerprint density at radius 2 is 1.97 bits per heavy atom. The van der Waals surface area contributed by atoms with Crippen LogP contribution in [0.25, 0.3) is 0 Å². The maximum atomic E-state index is 12.8. The summed E-state index contributed by atoms with van der Waals surface area (Å²) in [6.07, 6.45) is 4.49. The smallest absolute Gasteiger partial charge is 0.260 e. The van der Waals surface area contributed by atoms with Gasteiger partial charge >= 0.3 is 0 Å². The van der Waals surface area contributed by atoms with Crippen LogP contribution in [-0.4, -0.2) is 37.1 Å². The molecule has 1 amide bonds. The molecule has 0 radical (unpaired) electrons. The molecule has 3 atom stereocenters. The van der Waals surface area contributed by atoms with Crippen molar-refractivity contribution >= 4 is 17.5 Å². The molecular weight excluding hydrogens is 446 g/mol. The van der Waals surface area contributed by atoms with Gasteiger partial charge in [-0.15, -0.1) is 0 Å². The summed E-state index contributed by atoms with van der Waals surface area (Å²) in [6.45, 7) is 9.04. The van der Waals surface area contributed by atoms with Crippen molar-refractivity contribution in [2.75, 3.05) is 26.3 Å². The normalized spacial score (nSPS) is 22.6. The Hall–Kier alpha value is -2.04. The van der Waals surface area contributed by atoms with E-state index in [0.717, 1.165) is 42.3 Å². The molecule has 4 nitrogen and oxygen atoms in total. The number of hydrogen-bond acceptors (Lipinski definition) is 3. The molecule has 0 aromatic heterocycles. The first-order valence-corrected chi connectivity index (χ1v) is 13.2. The number of halogens is 1. The van der Waals surface area contributed by atoms with Gasteiger partial charge in [-0.1, -0.05) is 62.7 Å². The van der Waals surface area contributed by atoms with Crippen molar-refractivity contribution in [3.63, 3.8) is 0 Å². The summed E-state index contributed by atoms with van der Waals surface area (Å²) in [6, 6.07) is 16.2. The van der Waals surface area contributed by atoms with Crippen molar-refractivity contribution in [2.24, 2.45) is 17.8 Å². The van der Waals surface area contributed by atoms with E-state index in [4.69, 9.17) is 21.1 Å². The standard InChI is InChI=1S/C29H38ClNO3/c1-4-14-31(17-21-12-13-21)28(32)19-33-24-9-7-8-22(15-24)29-26(20(2)3)16-23(18-34-29)25-10-5-6-11-27(25)30/h5-11,15,20-21,23,26,29H,4,12-14,16-19H2,1-3H3/t23-,26-,29-/m0/s1. The van der Waals surface area contributed by atoms with Gasteiger partial charge < -0.3 is 14.4 Å². The second kappa shape index (κ2) is 11.6. The Morgan fingerprint density at radius 1 is 1.18 bits per heavy atom. The third kappa shape index (κ3) is 6.34.